The van der Waals surface area contributed by atoms with Crippen molar-refractivity contribution in [2.75, 3.05) is 16.5 Å². The number of ether oxygens (including phenoxy) is 1. The van der Waals surface area contributed by atoms with Crippen molar-refractivity contribution in [2.24, 2.45) is 0 Å². The molecule has 0 unspecified atom stereocenters. The molecule has 1 aliphatic rings. The Hall–Kier alpha value is -6.33. The zero-order chi connectivity index (χ0) is 47.1. The fraction of sp³-hybridized carbons (Fsp3) is 0.328. The minimum Gasteiger partial charge on any atom is -0.457 e. The third kappa shape index (κ3) is 8.38. The van der Waals surface area contributed by atoms with E-state index in [-0.39, 0.29) is 27.1 Å². The average Bonchev–Trinajstić information content (AvgIpc) is 3.81. The van der Waals surface area contributed by atoms with Crippen LogP contribution in [0.1, 0.15) is 130 Å². The molecule has 0 saturated carbocycles. The molecule has 0 atom stereocenters. The molecular weight excluding hydrogens is 805 g/mol. The Bertz CT molecular complexity index is 3080. The molecule has 3 heterocycles. The van der Waals surface area contributed by atoms with Crippen molar-refractivity contribution in [3.05, 3.63) is 179 Å². The highest BCUT2D eigenvalue weighted by atomic mass is 16.5. The lowest BCUT2D eigenvalue weighted by molar-refractivity contribution is 0.483. The van der Waals surface area contributed by atoms with E-state index in [0.29, 0.717) is 6.67 Å². The van der Waals surface area contributed by atoms with Crippen LogP contribution in [0.25, 0.3) is 27.6 Å². The SMILES string of the molecule is CC(C)(C)c1cc(N2CN(c3cccc(Oc4ccc5c6cc(C(C)(C)C)ccc6n(-c6cc(C(C)(C)c7ccccc7)ccn6)c5c4)c3)c3cc(C(C)(C)C)ccc32)cc(C(C)(C)C)c1. The normalized spacial score (nSPS) is 13.8. The monoisotopic (exact) mass is 873 g/mol. The third-order valence-corrected chi connectivity index (χ3v) is 13.8. The van der Waals surface area contributed by atoms with Gasteiger partial charge in [0.25, 0.3) is 0 Å². The van der Waals surface area contributed by atoms with E-state index in [4.69, 9.17) is 9.72 Å². The molecule has 0 saturated heterocycles. The second-order valence-electron chi connectivity index (χ2n) is 23.2. The number of benzene rings is 6. The standard InChI is InChI=1S/C61H68N4O/c1-57(2,3)41-23-27-52-51(34-41)50-26-25-49(38-54(50)65(52)56-36-43(29-30-62-56)61(13,14)40-19-16-15-17-20-40)66-48-22-18-21-46(37-48)63-39-64(53-28-24-42(35-55(53)63)58(4,5)6)47-32-44(59(7,8)9)31-45(33-47)60(10,11)12/h15-38H,39H2,1-14H3. The first kappa shape index (κ1) is 44.9. The molecule has 0 N–H and O–H groups in total. The first-order chi connectivity index (χ1) is 31.0. The maximum absolute atomic E-state index is 6.90. The second-order valence-corrected chi connectivity index (χ2v) is 23.2. The van der Waals surface area contributed by atoms with Crippen LogP contribution in [0.5, 0.6) is 11.5 Å². The Morgan fingerprint density at radius 3 is 1.70 bits per heavy atom. The summed E-state index contributed by atoms with van der Waals surface area (Å²) in [6, 6.07) is 51.4. The van der Waals surface area contributed by atoms with Crippen molar-refractivity contribution >= 4 is 44.6 Å². The summed E-state index contributed by atoms with van der Waals surface area (Å²) in [5.41, 5.74) is 14.4. The van der Waals surface area contributed by atoms with Gasteiger partial charge in [0.05, 0.1) is 22.4 Å². The Morgan fingerprint density at radius 1 is 0.409 bits per heavy atom. The van der Waals surface area contributed by atoms with Crippen molar-refractivity contribution in [3.8, 4) is 17.3 Å². The molecule has 66 heavy (non-hydrogen) atoms. The summed E-state index contributed by atoms with van der Waals surface area (Å²) in [4.78, 5) is 9.98. The van der Waals surface area contributed by atoms with E-state index in [2.05, 4.69) is 251 Å². The highest BCUT2D eigenvalue weighted by molar-refractivity contribution is 6.10. The molecular formula is C61H68N4O. The van der Waals surface area contributed by atoms with E-state index in [9.17, 15) is 0 Å². The van der Waals surface area contributed by atoms with Gasteiger partial charge in [0.2, 0.25) is 0 Å². The number of nitrogens with zero attached hydrogens (tertiary/aromatic N) is 4. The van der Waals surface area contributed by atoms with Gasteiger partial charge in [0, 0.05) is 45.9 Å². The summed E-state index contributed by atoms with van der Waals surface area (Å²) in [6.45, 7) is 32.8. The Labute approximate surface area is 394 Å². The van der Waals surface area contributed by atoms with E-state index in [0.717, 1.165) is 34.0 Å². The van der Waals surface area contributed by atoms with Gasteiger partial charge in [-0.1, -0.05) is 152 Å². The number of hydrogen-bond donors (Lipinski definition) is 0. The van der Waals surface area contributed by atoms with Gasteiger partial charge in [-0.3, -0.25) is 4.57 Å². The molecule has 5 heteroatoms. The van der Waals surface area contributed by atoms with Gasteiger partial charge >= 0.3 is 0 Å². The van der Waals surface area contributed by atoms with Crippen molar-refractivity contribution in [1.29, 1.82) is 0 Å². The van der Waals surface area contributed by atoms with E-state index >= 15 is 0 Å². The van der Waals surface area contributed by atoms with Crippen LogP contribution >= 0.6 is 0 Å². The quantitative estimate of drug-likeness (QED) is 0.160. The lowest BCUT2D eigenvalue weighted by Gasteiger charge is -2.29. The maximum Gasteiger partial charge on any atom is 0.137 e. The lowest BCUT2D eigenvalue weighted by Crippen LogP contribution is -2.25. The van der Waals surface area contributed by atoms with Crippen molar-refractivity contribution in [3.63, 3.8) is 0 Å². The van der Waals surface area contributed by atoms with E-state index in [1.54, 1.807) is 0 Å². The third-order valence-electron chi connectivity index (χ3n) is 13.8. The molecule has 0 amide bonds. The molecule has 338 valence electrons. The predicted octanol–water partition coefficient (Wildman–Crippen LogP) is 16.7. The average molecular weight is 873 g/mol. The van der Waals surface area contributed by atoms with Gasteiger partial charge in [0.1, 0.15) is 24.0 Å². The van der Waals surface area contributed by atoms with Crippen molar-refractivity contribution < 1.29 is 4.74 Å². The largest absolute Gasteiger partial charge is 0.457 e. The van der Waals surface area contributed by atoms with Gasteiger partial charge in [0.15, 0.2) is 0 Å². The Morgan fingerprint density at radius 2 is 1.03 bits per heavy atom. The molecule has 5 nitrogen and oxygen atoms in total. The van der Waals surface area contributed by atoms with Crippen LogP contribution in [0.4, 0.5) is 22.7 Å². The number of pyridine rings is 1. The second kappa shape index (κ2) is 15.9. The van der Waals surface area contributed by atoms with Gasteiger partial charge in [-0.25, -0.2) is 4.98 Å². The first-order valence-electron chi connectivity index (χ1n) is 23.7. The highest BCUT2D eigenvalue weighted by Gasteiger charge is 2.32. The van der Waals surface area contributed by atoms with Crippen LogP contribution < -0.4 is 14.5 Å². The molecule has 0 aliphatic carbocycles. The summed E-state index contributed by atoms with van der Waals surface area (Å²) in [7, 11) is 0. The molecule has 0 bridgehead atoms. The van der Waals surface area contributed by atoms with Crippen molar-refractivity contribution in [2.45, 2.75) is 124 Å². The van der Waals surface area contributed by atoms with Gasteiger partial charge in [-0.2, -0.15) is 0 Å². The summed E-state index contributed by atoms with van der Waals surface area (Å²) >= 11 is 0. The minimum absolute atomic E-state index is 0.00157. The van der Waals surface area contributed by atoms with Gasteiger partial charge < -0.3 is 14.5 Å². The van der Waals surface area contributed by atoms with Gasteiger partial charge in [-0.05, 0) is 128 Å². The molecule has 0 fully saturated rings. The lowest BCUT2D eigenvalue weighted by atomic mass is 9.78. The van der Waals surface area contributed by atoms with E-state index in [1.807, 2.05) is 6.20 Å². The number of anilines is 4. The molecule has 2 aromatic heterocycles. The number of fused-ring (bicyclic) bond motifs is 4. The zero-order valence-electron chi connectivity index (χ0n) is 41.8. The fourth-order valence-corrected chi connectivity index (χ4v) is 9.38. The van der Waals surface area contributed by atoms with E-state index in [1.165, 1.54) is 61.2 Å². The fourth-order valence-electron chi connectivity index (χ4n) is 9.38. The summed E-state index contributed by atoms with van der Waals surface area (Å²) < 4.78 is 9.21. The van der Waals surface area contributed by atoms with Gasteiger partial charge in [-0.15, -0.1) is 0 Å². The summed E-state index contributed by atoms with van der Waals surface area (Å²) in [6.07, 6.45) is 1.95. The van der Waals surface area contributed by atoms with Crippen LogP contribution in [-0.4, -0.2) is 16.2 Å². The van der Waals surface area contributed by atoms with Crippen LogP contribution in [-0.2, 0) is 27.1 Å². The first-order valence-corrected chi connectivity index (χ1v) is 23.7. The maximum atomic E-state index is 6.90. The Balaban J connectivity index is 1.13. The molecule has 0 radical (unpaired) electrons. The Kier molecular flexibility index (Phi) is 10.8. The smallest absolute Gasteiger partial charge is 0.137 e. The topological polar surface area (TPSA) is 33.5 Å². The predicted molar refractivity (Wildman–Crippen MR) is 280 cm³/mol. The van der Waals surface area contributed by atoms with E-state index < -0.39 is 0 Å². The molecule has 6 aromatic carbocycles. The molecule has 1 aliphatic heterocycles. The van der Waals surface area contributed by atoms with Crippen LogP contribution in [0, 0.1) is 0 Å². The van der Waals surface area contributed by atoms with Crippen LogP contribution in [0.15, 0.2) is 146 Å². The zero-order valence-corrected chi connectivity index (χ0v) is 41.8. The summed E-state index contributed by atoms with van der Waals surface area (Å²) in [5, 5.41) is 2.37. The summed E-state index contributed by atoms with van der Waals surface area (Å²) in [5.74, 6) is 2.44. The number of rotatable bonds is 7. The number of hydrogen-bond acceptors (Lipinski definition) is 4. The van der Waals surface area contributed by atoms with Crippen LogP contribution in [0.3, 0.4) is 0 Å². The minimum atomic E-state index is -0.219. The molecule has 9 rings (SSSR count). The van der Waals surface area contributed by atoms with Crippen molar-refractivity contribution in [1.82, 2.24) is 9.55 Å². The molecule has 8 aromatic rings. The van der Waals surface area contributed by atoms with Crippen LogP contribution in [0.2, 0.25) is 0 Å². The highest BCUT2D eigenvalue weighted by Crippen LogP contribution is 2.48. The molecule has 0 spiro atoms. The number of aromatic nitrogens is 2.